The van der Waals surface area contributed by atoms with Crippen molar-refractivity contribution in [1.29, 1.82) is 0 Å². The van der Waals surface area contributed by atoms with Crippen LogP contribution in [0.1, 0.15) is 46.9 Å². The highest BCUT2D eigenvalue weighted by Crippen LogP contribution is 2.20. The SMILES string of the molecule is CCCN(CC(=O)c1c(N)n(CCOC)c(=O)[nH]c1=O)C1CCN(C(=O)c2ccccc2)CC1. The lowest BCUT2D eigenvalue weighted by molar-refractivity contribution is 0.0595. The molecule has 0 unspecified atom stereocenters. The molecule has 0 atom stereocenters. The molecule has 0 radical (unpaired) electrons. The van der Waals surface area contributed by atoms with Crippen molar-refractivity contribution < 1.29 is 14.3 Å². The van der Waals surface area contributed by atoms with Crippen LogP contribution in [0.3, 0.4) is 0 Å². The van der Waals surface area contributed by atoms with Crippen LogP contribution in [0.15, 0.2) is 39.9 Å². The zero-order valence-corrected chi connectivity index (χ0v) is 19.8. The molecule has 3 rings (SSSR count). The van der Waals surface area contributed by atoms with Gasteiger partial charge in [0.2, 0.25) is 0 Å². The van der Waals surface area contributed by atoms with E-state index >= 15 is 0 Å². The highest BCUT2D eigenvalue weighted by Gasteiger charge is 2.29. The molecule has 1 fully saturated rings. The predicted octanol–water partition coefficient (Wildman–Crippen LogP) is 0.965. The van der Waals surface area contributed by atoms with Crippen molar-refractivity contribution in [2.75, 3.05) is 45.6 Å². The number of methoxy groups -OCH3 is 1. The molecule has 10 heteroatoms. The highest BCUT2D eigenvalue weighted by molar-refractivity contribution is 6.01. The summed E-state index contributed by atoms with van der Waals surface area (Å²) in [6.07, 6.45) is 2.28. The molecule has 34 heavy (non-hydrogen) atoms. The van der Waals surface area contributed by atoms with Gasteiger partial charge in [0.15, 0.2) is 5.78 Å². The van der Waals surface area contributed by atoms with Crippen molar-refractivity contribution in [3.63, 3.8) is 0 Å². The van der Waals surface area contributed by atoms with Crippen LogP contribution < -0.4 is 17.0 Å². The average Bonchev–Trinajstić information content (AvgIpc) is 2.83. The summed E-state index contributed by atoms with van der Waals surface area (Å²) in [6.45, 7) is 4.24. The summed E-state index contributed by atoms with van der Waals surface area (Å²) in [5.74, 6) is -0.563. The first kappa shape index (κ1) is 25.4. The molecule has 3 N–H and O–H groups in total. The molecule has 0 spiro atoms. The number of nitrogens with one attached hydrogen (secondary N) is 1. The number of aromatic amines is 1. The van der Waals surface area contributed by atoms with E-state index in [1.165, 1.54) is 7.11 Å². The Kier molecular flexibility index (Phi) is 8.78. The van der Waals surface area contributed by atoms with Gasteiger partial charge in [0.1, 0.15) is 11.4 Å². The summed E-state index contributed by atoms with van der Waals surface area (Å²) in [5, 5.41) is 0. The van der Waals surface area contributed by atoms with Crippen molar-refractivity contribution in [3.8, 4) is 0 Å². The van der Waals surface area contributed by atoms with E-state index in [2.05, 4.69) is 9.88 Å². The number of aromatic nitrogens is 2. The van der Waals surface area contributed by atoms with E-state index in [0.29, 0.717) is 25.2 Å². The molecule has 1 aliphatic heterocycles. The molecule has 1 aromatic heterocycles. The third-order valence-electron chi connectivity index (χ3n) is 6.18. The first-order valence-corrected chi connectivity index (χ1v) is 11.6. The number of hydrogen-bond donors (Lipinski definition) is 2. The zero-order chi connectivity index (χ0) is 24.7. The van der Waals surface area contributed by atoms with E-state index in [9.17, 15) is 19.2 Å². The maximum atomic E-state index is 13.2. The van der Waals surface area contributed by atoms with E-state index in [-0.39, 0.29) is 43.0 Å². The van der Waals surface area contributed by atoms with Crippen molar-refractivity contribution in [2.24, 2.45) is 0 Å². The number of amides is 1. The third kappa shape index (κ3) is 5.81. The molecule has 0 aliphatic carbocycles. The molecule has 2 heterocycles. The number of nitrogens with two attached hydrogens (primary N) is 1. The number of likely N-dealkylation sites (tertiary alicyclic amines) is 1. The molecule has 0 saturated carbocycles. The first-order chi connectivity index (χ1) is 16.4. The number of benzene rings is 1. The van der Waals surface area contributed by atoms with Gasteiger partial charge in [-0.3, -0.25) is 28.8 Å². The fourth-order valence-electron chi connectivity index (χ4n) is 4.40. The highest BCUT2D eigenvalue weighted by atomic mass is 16.5. The van der Waals surface area contributed by atoms with Crippen LogP contribution in [0.2, 0.25) is 0 Å². The molecule has 2 aromatic rings. The topological polar surface area (TPSA) is 131 Å². The maximum Gasteiger partial charge on any atom is 0.330 e. The first-order valence-electron chi connectivity index (χ1n) is 11.6. The number of hydrogen-bond acceptors (Lipinski definition) is 7. The molecule has 1 aromatic carbocycles. The van der Waals surface area contributed by atoms with Gasteiger partial charge in [-0.15, -0.1) is 0 Å². The Morgan fingerprint density at radius 1 is 1.18 bits per heavy atom. The largest absolute Gasteiger partial charge is 0.384 e. The zero-order valence-electron chi connectivity index (χ0n) is 19.8. The molecule has 1 amide bonds. The second-order valence-corrected chi connectivity index (χ2v) is 8.45. The number of piperidine rings is 1. The Hall–Kier alpha value is -3.24. The second kappa shape index (κ2) is 11.8. The Bertz CT molecular complexity index is 1100. The Balaban J connectivity index is 1.71. The minimum atomic E-state index is -0.777. The van der Waals surface area contributed by atoms with Gasteiger partial charge in [0.25, 0.3) is 11.5 Å². The smallest absolute Gasteiger partial charge is 0.330 e. The van der Waals surface area contributed by atoms with E-state index in [1.807, 2.05) is 42.2 Å². The van der Waals surface area contributed by atoms with Gasteiger partial charge in [-0.2, -0.15) is 0 Å². The molecule has 0 bridgehead atoms. The van der Waals surface area contributed by atoms with Crippen molar-refractivity contribution >= 4 is 17.5 Å². The van der Waals surface area contributed by atoms with Gasteiger partial charge >= 0.3 is 5.69 Å². The standard InChI is InChI=1S/C24H33N5O5/c1-3-11-28(18-9-12-27(13-10-18)23(32)17-7-5-4-6-8-17)16-19(30)20-21(25)29(14-15-34-2)24(33)26-22(20)31/h4-8,18H,3,9-16,25H2,1-2H3,(H,26,31,33). The summed E-state index contributed by atoms with van der Waals surface area (Å²) in [4.78, 5) is 56.5. The number of Topliss-reactive ketones (excluding diaryl/α,β-unsaturated/α-hetero) is 1. The Morgan fingerprint density at radius 3 is 2.47 bits per heavy atom. The quantitative estimate of drug-likeness (QED) is 0.494. The van der Waals surface area contributed by atoms with Crippen LogP contribution in [0.25, 0.3) is 0 Å². The molecular formula is C24H33N5O5. The summed E-state index contributed by atoms with van der Waals surface area (Å²) in [6, 6.07) is 9.29. The molecular weight excluding hydrogens is 438 g/mol. The summed E-state index contributed by atoms with van der Waals surface area (Å²) in [7, 11) is 1.49. The number of H-pyrrole nitrogens is 1. The number of ketones is 1. The van der Waals surface area contributed by atoms with E-state index < -0.39 is 17.0 Å². The number of anilines is 1. The lowest BCUT2D eigenvalue weighted by atomic mass is 10.0. The number of ether oxygens (including phenoxy) is 1. The number of carbonyl (C=O) groups is 2. The number of rotatable bonds is 10. The van der Waals surface area contributed by atoms with Crippen LogP contribution >= 0.6 is 0 Å². The summed E-state index contributed by atoms with van der Waals surface area (Å²) >= 11 is 0. The van der Waals surface area contributed by atoms with Crippen LogP contribution in [-0.2, 0) is 11.3 Å². The van der Waals surface area contributed by atoms with Gasteiger partial charge in [-0.1, -0.05) is 25.1 Å². The molecule has 184 valence electrons. The number of carbonyl (C=O) groups excluding carboxylic acids is 2. The fourth-order valence-corrected chi connectivity index (χ4v) is 4.40. The molecule has 1 aliphatic rings. The number of nitrogens with zero attached hydrogens (tertiary/aromatic N) is 3. The second-order valence-electron chi connectivity index (χ2n) is 8.45. The van der Waals surface area contributed by atoms with E-state index in [1.54, 1.807) is 0 Å². The van der Waals surface area contributed by atoms with Crippen molar-refractivity contribution in [2.45, 2.75) is 38.8 Å². The third-order valence-corrected chi connectivity index (χ3v) is 6.18. The Labute approximate surface area is 198 Å². The van der Waals surface area contributed by atoms with Crippen LogP contribution in [-0.4, -0.2) is 77.0 Å². The van der Waals surface area contributed by atoms with E-state index in [4.69, 9.17) is 10.5 Å². The van der Waals surface area contributed by atoms with Gasteiger partial charge in [0, 0.05) is 31.8 Å². The average molecular weight is 472 g/mol. The van der Waals surface area contributed by atoms with Crippen LogP contribution in [0.5, 0.6) is 0 Å². The van der Waals surface area contributed by atoms with Crippen molar-refractivity contribution in [3.05, 3.63) is 62.3 Å². The lowest BCUT2D eigenvalue weighted by Gasteiger charge is -2.38. The molecule has 10 nitrogen and oxygen atoms in total. The van der Waals surface area contributed by atoms with Crippen LogP contribution in [0.4, 0.5) is 5.82 Å². The Morgan fingerprint density at radius 2 is 1.85 bits per heavy atom. The van der Waals surface area contributed by atoms with Gasteiger partial charge < -0.3 is 15.4 Å². The monoisotopic (exact) mass is 471 g/mol. The lowest BCUT2D eigenvalue weighted by Crippen LogP contribution is -2.49. The number of nitrogen functional groups attached to an aromatic ring is 1. The normalized spacial score (nSPS) is 14.5. The fraction of sp³-hybridized carbons (Fsp3) is 0.500. The van der Waals surface area contributed by atoms with Crippen LogP contribution in [0, 0.1) is 0 Å². The molecule has 1 saturated heterocycles. The maximum absolute atomic E-state index is 13.2. The van der Waals surface area contributed by atoms with Gasteiger partial charge in [-0.05, 0) is 37.9 Å². The van der Waals surface area contributed by atoms with Crippen molar-refractivity contribution in [1.82, 2.24) is 19.4 Å². The van der Waals surface area contributed by atoms with Gasteiger partial charge in [0.05, 0.1) is 19.7 Å². The van der Waals surface area contributed by atoms with E-state index in [0.717, 1.165) is 23.8 Å². The summed E-state index contributed by atoms with van der Waals surface area (Å²) < 4.78 is 6.14. The van der Waals surface area contributed by atoms with Gasteiger partial charge in [-0.25, -0.2) is 4.79 Å². The minimum absolute atomic E-state index is 0.00907. The minimum Gasteiger partial charge on any atom is -0.384 e. The predicted molar refractivity (Wildman–Crippen MR) is 129 cm³/mol. The summed E-state index contributed by atoms with van der Waals surface area (Å²) in [5.41, 5.74) is 5.09.